The number of aliphatic hydroxyl groups is 1. The Labute approximate surface area is 129 Å². The highest BCUT2D eigenvalue weighted by Gasteiger charge is 2.47. The second kappa shape index (κ2) is 6.67. The number of aliphatic hydroxyl groups excluding tert-OH is 1. The van der Waals surface area contributed by atoms with Crippen molar-refractivity contribution in [3.8, 4) is 0 Å². The van der Waals surface area contributed by atoms with E-state index in [4.69, 9.17) is 14.2 Å². The van der Waals surface area contributed by atoms with Gasteiger partial charge in [-0.25, -0.2) is 0 Å². The largest absolute Gasteiger partial charge is 0.390 e. The van der Waals surface area contributed by atoms with Crippen LogP contribution in [-0.4, -0.2) is 41.2 Å². The van der Waals surface area contributed by atoms with Gasteiger partial charge in [-0.3, -0.25) is 0 Å². The molecule has 1 N–H and O–H groups in total. The Morgan fingerprint density at radius 1 is 1.24 bits per heavy atom. The van der Waals surface area contributed by atoms with Gasteiger partial charge in [0.2, 0.25) is 0 Å². The molecule has 5 heteroatoms. The molecule has 2 aliphatic rings. The predicted molar refractivity (Wildman–Crippen MR) is 82.0 cm³/mol. The second-order valence-electron chi connectivity index (χ2n) is 5.52. The standard InChI is InChI=1S/C16H22O4S/c1-3-21-16-10(2)13(17)14-12(19-16)9-18-15(20-14)11-7-5-4-6-8-11/h4-8,10,12-17H,3,9H2,1-2H3/t10-,12?,13-,14+,15?,16?/m1/s1. The third-order valence-corrected chi connectivity index (χ3v) is 5.28. The van der Waals surface area contributed by atoms with Crippen LogP contribution in [0.2, 0.25) is 0 Å². The SMILES string of the molecule is CCSC1OC2COC(c3ccccc3)O[C@@H]2[C@H](O)[C@H]1C. The first-order valence-corrected chi connectivity index (χ1v) is 8.52. The zero-order chi connectivity index (χ0) is 14.8. The summed E-state index contributed by atoms with van der Waals surface area (Å²) >= 11 is 1.72. The van der Waals surface area contributed by atoms with Crippen LogP contribution in [0.5, 0.6) is 0 Å². The molecule has 21 heavy (non-hydrogen) atoms. The van der Waals surface area contributed by atoms with Crippen LogP contribution in [0, 0.1) is 5.92 Å². The van der Waals surface area contributed by atoms with Crippen LogP contribution in [-0.2, 0) is 14.2 Å². The number of benzene rings is 1. The van der Waals surface area contributed by atoms with Gasteiger partial charge in [-0.05, 0) is 5.75 Å². The number of hydrogen-bond donors (Lipinski definition) is 1. The molecule has 2 saturated heterocycles. The maximum absolute atomic E-state index is 10.6. The highest BCUT2D eigenvalue weighted by atomic mass is 32.2. The van der Waals surface area contributed by atoms with E-state index in [0.29, 0.717) is 6.61 Å². The van der Waals surface area contributed by atoms with Crippen LogP contribution in [0.3, 0.4) is 0 Å². The fraction of sp³-hybridized carbons (Fsp3) is 0.625. The molecule has 0 aromatic heterocycles. The molecule has 0 radical (unpaired) electrons. The molecule has 116 valence electrons. The van der Waals surface area contributed by atoms with E-state index in [1.807, 2.05) is 37.3 Å². The van der Waals surface area contributed by atoms with Gasteiger partial charge >= 0.3 is 0 Å². The van der Waals surface area contributed by atoms with E-state index in [0.717, 1.165) is 11.3 Å². The van der Waals surface area contributed by atoms with Gasteiger partial charge in [0.05, 0.1) is 12.7 Å². The maximum atomic E-state index is 10.6. The zero-order valence-corrected chi connectivity index (χ0v) is 13.2. The van der Waals surface area contributed by atoms with E-state index in [2.05, 4.69) is 6.92 Å². The lowest BCUT2D eigenvalue weighted by molar-refractivity contribution is -0.311. The summed E-state index contributed by atoms with van der Waals surface area (Å²) in [5.74, 6) is 1.01. The Hall–Kier alpha value is -0.590. The minimum absolute atomic E-state index is 0.00623. The lowest BCUT2D eigenvalue weighted by Crippen LogP contribution is -2.57. The van der Waals surface area contributed by atoms with Crippen molar-refractivity contribution in [3.05, 3.63) is 35.9 Å². The number of fused-ring (bicyclic) bond motifs is 1. The summed E-state index contributed by atoms with van der Waals surface area (Å²) in [6.45, 7) is 4.57. The minimum atomic E-state index is -0.525. The molecule has 2 aliphatic heterocycles. The van der Waals surface area contributed by atoms with Gasteiger partial charge in [0.25, 0.3) is 0 Å². The third-order valence-electron chi connectivity index (χ3n) is 4.08. The van der Waals surface area contributed by atoms with Crippen molar-refractivity contribution in [1.29, 1.82) is 0 Å². The summed E-state index contributed by atoms with van der Waals surface area (Å²) in [4.78, 5) is 0. The highest BCUT2D eigenvalue weighted by molar-refractivity contribution is 7.99. The number of ether oxygens (including phenoxy) is 3. The maximum Gasteiger partial charge on any atom is 0.184 e. The fourth-order valence-electron chi connectivity index (χ4n) is 2.86. The predicted octanol–water partition coefficient (Wildman–Crippen LogP) is 2.58. The summed E-state index contributed by atoms with van der Waals surface area (Å²) in [5.41, 5.74) is 0.979. The van der Waals surface area contributed by atoms with Gasteiger partial charge < -0.3 is 19.3 Å². The van der Waals surface area contributed by atoms with Crippen LogP contribution in [0.1, 0.15) is 25.7 Å². The summed E-state index contributed by atoms with van der Waals surface area (Å²) in [6, 6.07) is 9.82. The van der Waals surface area contributed by atoms with E-state index in [9.17, 15) is 5.11 Å². The molecule has 0 aliphatic carbocycles. The fourth-order valence-corrected chi connectivity index (χ4v) is 3.87. The Bertz CT molecular complexity index is 453. The molecular weight excluding hydrogens is 288 g/mol. The van der Waals surface area contributed by atoms with E-state index >= 15 is 0 Å². The summed E-state index contributed by atoms with van der Waals surface area (Å²) in [7, 11) is 0. The summed E-state index contributed by atoms with van der Waals surface area (Å²) in [6.07, 6.45) is -1.47. The Morgan fingerprint density at radius 3 is 2.71 bits per heavy atom. The van der Waals surface area contributed by atoms with Crippen LogP contribution >= 0.6 is 11.8 Å². The van der Waals surface area contributed by atoms with Crippen LogP contribution in [0.25, 0.3) is 0 Å². The monoisotopic (exact) mass is 310 g/mol. The molecule has 0 saturated carbocycles. The van der Waals surface area contributed by atoms with Crippen molar-refractivity contribution in [2.45, 2.75) is 43.9 Å². The van der Waals surface area contributed by atoms with Gasteiger partial charge in [-0.15, -0.1) is 11.8 Å². The van der Waals surface area contributed by atoms with Gasteiger partial charge in [0, 0.05) is 11.5 Å². The molecule has 2 heterocycles. The van der Waals surface area contributed by atoms with Crippen molar-refractivity contribution in [1.82, 2.24) is 0 Å². The summed E-state index contributed by atoms with van der Waals surface area (Å²) in [5, 5.41) is 10.6. The van der Waals surface area contributed by atoms with E-state index in [1.54, 1.807) is 11.8 Å². The van der Waals surface area contributed by atoms with Crippen LogP contribution < -0.4 is 0 Å². The van der Waals surface area contributed by atoms with Gasteiger partial charge in [0.1, 0.15) is 17.6 Å². The molecule has 0 bridgehead atoms. The van der Waals surface area contributed by atoms with Crippen molar-refractivity contribution < 1.29 is 19.3 Å². The topological polar surface area (TPSA) is 47.9 Å². The average molecular weight is 310 g/mol. The van der Waals surface area contributed by atoms with Gasteiger partial charge in [0.15, 0.2) is 6.29 Å². The minimum Gasteiger partial charge on any atom is -0.390 e. The Morgan fingerprint density at radius 2 is 2.00 bits per heavy atom. The van der Waals surface area contributed by atoms with Crippen LogP contribution in [0.4, 0.5) is 0 Å². The zero-order valence-electron chi connectivity index (χ0n) is 12.3. The summed E-state index contributed by atoms with van der Waals surface area (Å²) < 4.78 is 17.8. The Kier molecular flexibility index (Phi) is 4.86. The molecule has 3 rings (SSSR count). The average Bonchev–Trinajstić information content (AvgIpc) is 2.53. The molecule has 1 aromatic rings. The second-order valence-corrected chi connectivity index (χ2v) is 6.90. The third kappa shape index (κ3) is 3.12. The van der Waals surface area contributed by atoms with Crippen molar-refractivity contribution in [3.63, 3.8) is 0 Å². The van der Waals surface area contributed by atoms with Crippen molar-refractivity contribution in [2.24, 2.45) is 5.92 Å². The molecule has 4 nitrogen and oxygen atoms in total. The molecule has 0 amide bonds. The molecule has 3 unspecified atom stereocenters. The van der Waals surface area contributed by atoms with Crippen molar-refractivity contribution >= 4 is 11.8 Å². The number of hydrogen-bond acceptors (Lipinski definition) is 5. The molecule has 2 fully saturated rings. The highest BCUT2D eigenvalue weighted by Crippen LogP contribution is 2.39. The molecule has 1 aromatic carbocycles. The first-order chi connectivity index (χ1) is 10.2. The lowest BCUT2D eigenvalue weighted by Gasteiger charge is -2.47. The van der Waals surface area contributed by atoms with Gasteiger partial charge in [-0.1, -0.05) is 44.2 Å². The first kappa shape index (κ1) is 15.3. The quantitative estimate of drug-likeness (QED) is 0.930. The molecular formula is C16H22O4S. The van der Waals surface area contributed by atoms with E-state index in [1.165, 1.54) is 0 Å². The van der Waals surface area contributed by atoms with Crippen LogP contribution in [0.15, 0.2) is 30.3 Å². The normalized spacial score (nSPS) is 39.8. The molecule has 0 spiro atoms. The van der Waals surface area contributed by atoms with Crippen molar-refractivity contribution in [2.75, 3.05) is 12.4 Å². The van der Waals surface area contributed by atoms with Gasteiger partial charge in [-0.2, -0.15) is 0 Å². The molecule has 6 atom stereocenters. The first-order valence-electron chi connectivity index (χ1n) is 7.48. The van der Waals surface area contributed by atoms with E-state index in [-0.39, 0.29) is 23.6 Å². The Balaban J connectivity index is 1.71. The lowest BCUT2D eigenvalue weighted by atomic mass is 9.93. The number of rotatable bonds is 3. The van der Waals surface area contributed by atoms with E-state index < -0.39 is 12.4 Å². The number of thioether (sulfide) groups is 1. The smallest absolute Gasteiger partial charge is 0.184 e.